The number of nitrogens with zero attached hydrogens (tertiary/aromatic N) is 3. The van der Waals surface area contributed by atoms with E-state index >= 15 is 0 Å². The first-order valence-electron chi connectivity index (χ1n) is 7.57. The van der Waals surface area contributed by atoms with E-state index in [1.54, 1.807) is 13.8 Å². The fraction of sp³-hybridized carbons (Fsp3) is 0.500. The van der Waals surface area contributed by atoms with Gasteiger partial charge in [0.25, 0.3) is 0 Å². The van der Waals surface area contributed by atoms with Crippen molar-refractivity contribution in [2.45, 2.75) is 47.1 Å². The molecule has 0 saturated carbocycles. The van der Waals surface area contributed by atoms with E-state index in [4.69, 9.17) is 17.3 Å². The van der Waals surface area contributed by atoms with Crippen molar-refractivity contribution in [1.82, 2.24) is 10.0 Å². The van der Waals surface area contributed by atoms with Gasteiger partial charge in [-0.25, -0.2) is 14.8 Å². The minimum Gasteiger partial charge on any atom is -0.476 e. The maximum atomic E-state index is 11.4. The standard InChI is InChI=1S/C16H25ClN4O2/c1-6-8-20(21-9-11(21)4)12(5)15(17)19-14(16(22)23)13(18)10(3)7-2/h6,8,11H,7,9,18H2,1-5H3,(H,22,23)/b8-6-,13-10-,15-12+,19-14-. The summed E-state index contributed by atoms with van der Waals surface area (Å²) in [4.78, 5) is 15.5. The van der Waals surface area contributed by atoms with Gasteiger partial charge in [0, 0.05) is 18.8 Å². The van der Waals surface area contributed by atoms with Crippen molar-refractivity contribution in [3.63, 3.8) is 0 Å². The van der Waals surface area contributed by atoms with Gasteiger partial charge in [-0.05, 0) is 39.7 Å². The highest BCUT2D eigenvalue weighted by atomic mass is 35.5. The third-order valence-electron chi connectivity index (χ3n) is 3.69. The third-order valence-corrected chi connectivity index (χ3v) is 4.05. The molecule has 0 radical (unpaired) electrons. The fourth-order valence-corrected chi connectivity index (χ4v) is 2.12. The molecule has 0 aromatic heterocycles. The summed E-state index contributed by atoms with van der Waals surface area (Å²) in [6, 6.07) is 0.417. The number of hydrogen-bond acceptors (Lipinski definition) is 5. The van der Waals surface area contributed by atoms with Crippen LogP contribution in [0.1, 0.15) is 41.0 Å². The Bertz CT molecular complexity index is 593. The maximum absolute atomic E-state index is 11.4. The van der Waals surface area contributed by atoms with Gasteiger partial charge in [0.2, 0.25) is 0 Å². The van der Waals surface area contributed by atoms with E-state index in [1.807, 2.05) is 31.1 Å². The van der Waals surface area contributed by atoms with Crippen molar-refractivity contribution in [2.24, 2.45) is 10.7 Å². The molecule has 1 fully saturated rings. The highest BCUT2D eigenvalue weighted by Gasteiger charge is 2.35. The van der Waals surface area contributed by atoms with Gasteiger partial charge in [0.05, 0.1) is 11.4 Å². The Morgan fingerprint density at radius 2 is 2.09 bits per heavy atom. The molecule has 3 N–H and O–H groups in total. The topological polar surface area (TPSA) is 81.9 Å². The number of hydrogen-bond donors (Lipinski definition) is 2. The fourth-order valence-electron chi connectivity index (χ4n) is 1.94. The maximum Gasteiger partial charge on any atom is 0.356 e. The lowest BCUT2D eigenvalue weighted by Gasteiger charge is -2.23. The van der Waals surface area contributed by atoms with Crippen LogP contribution in [0.5, 0.6) is 0 Å². The average Bonchev–Trinajstić information content (AvgIpc) is 3.23. The molecule has 1 aliphatic heterocycles. The van der Waals surface area contributed by atoms with Crippen LogP contribution < -0.4 is 5.73 Å². The number of hydrazine groups is 1. The zero-order valence-corrected chi connectivity index (χ0v) is 15.1. The van der Waals surface area contributed by atoms with Crippen LogP contribution in [-0.4, -0.2) is 39.4 Å². The van der Waals surface area contributed by atoms with Crippen LogP contribution in [0.3, 0.4) is 0 Å². The van der Waals surface area contributed by atoms with Crippen LogP contribution >= 0.6 is 11.6 Å². The molecule has 0 bridgehead atoms. The largest absolute Gasteiger partial charge is 0.476 e. The van der Waals surface area contributed by atoms with Gasteiger partial charge in [0.1, 0.15) is 0 Å². The predicted molar refractivity (Wildman–Crippen MR) is 93.6 cm³/mol. The van der Waals surface area contributed by atoms with E-state index in [0.29, 0.717) is 18.2 Å². The first kappa shape index (κ1) is 19.3. The number of halogens is 1. The molecule has 0 aromatic carbocycles. The molecule has 23 heavy (non-hydrogen) atoms. The number of carboxylic acid groups (broad SMARTS) is 1. The van der Waals surface area contributed by atoms with Crippen LogP contribution in [0.15, 0.2) is 39.4 Å². The van der Waals surface area contributed by atoms with E-state index in [-0.39, 0.29) is 16.6 Å². The second kappa shape index (κ2) is 8.17. The molecule has 2 unspecified atom stereocenters. The Balaban J connectivity index is 3.25. The Kier molecular flexibility index (Phi) is 6.84. The van der Waals surface area contributed by atoms with Crippen molar-refractivity contribution in [2.75, 3.05) is 6.54 Å². The zero-order chi connectivity index (χ0) is 17.7. The number of carboxylic acids is 1. The number of rotatable bonds is 7. The van der Waals surface area contributed by atoms with Crippen molar-refractivity contribution < 1.29 is 9.90 Å². The molecule has 128 valence electrons. The summed E-state index contributed by atoms with van der Waals surface area (Å²) >= 11 is 6.26. The van der Waals surface area contributed by atoms with E-state index < -0.39 is 5.97 Å². The van der Waals surface area contributed by atoms with E-state index in [9.17, 15) is 9.90 Å². The van der Waals surface area contributed by atoms with Crippen LogP contribution in [0.25, 0.3) is 0 Å². The second-order valence-electron chi connectivity index (χ2n) is 5.49. The van der Waals surface area contributed by atoms with Gasteiger partial charge in [0.15, 0.2) is 10.9 Å². The summed E-state index contributed by atoms with van der Waals surface area (Å²) in [5, 5.41) is 13.4. The summed E-state index contributed by atoms with van der Waals surface area (Å²) in [6.07, 6.45) is 4.40. The SMILES string of the molecule is C/C=C\N(/C(C)=C(Cl)/N=C(C(=O)O)/C(N)=C(\C)CC)N1CC1C. The summed E-state index contributed by atoms with van der Waals surface area (Å²) in [5.74, 6) is -1.20. The Morgan fingerprint density at radius 3 is 2.48 bits per heavy atom. The van der Waals surface area contributed by atoms with Crippen molar-refractivity contribution in [3.8, 4) is 0 Å². The molecule has 6 nitrogen and oxygen atoms in total. The molecule has 0 amide bonds. The first-order chi connectivity index (χ1) is 10.7. The average molecular weight is 341 g/mol. The molecular weight excluding hydrogens is 316 g/mol. The van der Waals surface area contributed by atoms with Crippen LogP contribution in [0.4, 0.5) is 0 Å². The van der Waals surface area contributed by atoms with Gasteiger partial charge in [-0.3, -0.25) is 5.01 Å². The molecule has 2 atom stereocenters. The lowest BCUT2D eigenvalue weighted by molar-refractivity contribution is -0.129. The van der Waals surface area contributed by atoms with Gasteiger partial charge in [-0.2, -0.15) is 0 Å². The molecular formula is C16H25ClN4O2. The zero-order valence-electron chi connectivity index (χ0n) is 14.3. The second-order valence-corrected chi connectivity index (χ2v) is 5.85. The molecule has 1 rings (SSSR count). The first-order valence-corrected chi connectivity index (χ1v) is 7.94. The van der Waals surface area contributed by atoms with Crippen LogP contribution in [0, 0.1) is 0 Å². The van der Waals surface area contributed by atoms with Gasteiger partial charge in [-0.15, -0.1) is 0 Å². The van der Waals surface area contributed by atoms with E-state index in [0.717, 1.165) is 12.1 Å². The lowest BCUT2D eigenvalue weighted by atomic mass is 10.1. The molecule has 0 aromatic rings. The van der Waals surface area contributed by atoms with Crippen molar-refractivity contribution >= 4 is 23.3 Å². The van der Waals surface area contributed by atoms with Gasteiger partial charge < -0.3 is 10.8 Å². The highest BCUT2D eigenvalue weighted by molar-refractivity contribution is 6.44. The molecule has 1 heterocycles. The number of carbonyl (C=O) groups is 1. The number of nitrogens with two attached hydrogens (primary N) is 1. The Hall–Kier alpha value is -1.79. The molecule has 1 saturated heterocycles. The van der Waals surface area contributed by atoms with Crippen molar-refractivity contribution in [3.05, 3.63) is 34.4 Å². The molecule has 7 heteroatoms. The monoisotopic (exact) mass is 340 g/mol. The Labute approximate surface area is 142 Å². The minimum absolute atomic E-state index is 0.103. The van der Waals surface area contributed by atoms with Crippen molar-refractivity contribution in [1.29, 1.82) is 0 Å². The smallest absolute Gasteiger partial charge is 0.356 e. The number of aliphatic carboxylic acids is 1. The summed E-state index contributed by atoms with van der Waals surface area (Å²) in [7, 11) is 0. The van der Waals surface area contributed by atoms with Gasteiger partial charge in [-0.1, -0.05) is 24.6 Å². The quantitative estimate of drug-likeness (QED) is 0.423. The predicted octanol–water partition coefficient (Wildman–Crippen LogP) is 3.04. The van der Waals surface area contributed by atoms with Crippen LogP contribution in [-0.2, 0) is 4.79 Å². The lowest BCUT2D eigenvalue weighted by Crippen LogP contribution is -2.25. The third kappa shape index (κ3) is 4.84. The van der Waals surface area contributed by atoms with Crippen LogP contribution in [0.2, 0.25) is 0 Å². The number of allylic oxidation sites excluding steroid dienone is 3. The van der Waals surface area contributed by atoms with E-state index in [1.165, 1.54) is 0 Å². The summed E-state index contributed by atoms with van der Waals surface area (Å²) in [6.45, 7) is 10.4. The molecule has 1 aliphatic rings. The molecule has 0 aliphatic carbocycles. The Morgan fingerprint density at radius 1 is 1.52 bits per heavy atom. The molecule has 0 spiro atoms. The minimum atomic E-state index is -1.20. The van der Waals surface area contributed by atoms with Gasteiger partial charge >= 0.3 is 5.97 Å². The summed E-state index contributed by atoms with van der Waals surface area (Å²) < 4.78 is 0. The highest BCUT2D eigenvalue weighted by Crippen LogP contribution is 2.27. The summed E-state index contributed by atoms with van der Waals surface area (Å²) in [5.41, 5.74) is 7.24. The van der Waals surface area contributed by atoms with E-state index in [2.05, 4.69) is 16.9 Å². The number of aliphatic imine (C=N–C) groups is 1. The normalized spacial score (nSPS) is 23.5.